The number of imidazole rings is 1. The van der Waals surface area contributed by atoms with Gasteiger partial charge in [-0.15, -0.1) is 0 Å². The van der Waals surface area contributed by atoms with Crippen LogP contribution in [0.1, 0.15) is 48.9 Å². The van der Waals surface area contributed by atoms with E-state index in [0.29, 0.717) is 17.1 Å². The highest BCUT2D eigenvalue weighted by atomic mass is 16.1. The van der Waals surface area contributed by atoms with Crippen molar-refractivity contribution in [2.45, 2.75) is 38.8 Å². The molecule has 3 heterocycles. The van der Waals surface area contributed by atoms with Crippen LogP contribution in [-0.2, 0) is 0 Å². The molecule has 1 aliphatic rings. The smallest absolute Gasteiger partial charge is 0.252 e. The van der Waals surface area contributed by atoms with Crippen molar-refractivity contribution in [3.05, 3.63) is 23.8 Å². The second-order valence-electron chi connectivity index (χ2n) is 5.56. The number of aromatic amines is 1. The fraction of sp³-hybridized carbons (Fsp3) is 0.500. The molecule has 1 amide bonds. The summed E-state index contributed by atoms with van der Waals surface area (Å²) in [6.45, 7) is 5.47. The Morgan fingerprint density at radius 3 is 3.00 bits per heavy atom. The summed E-state index contributed by atoms with van der Waals surface area (Å²) < 4.78 is 0. The zero-order valence-corrected chi connectivity index (χ0v) is 11.8. The van der Waals surface area contributed by atoms with Gasteiger partial charge in [0.15, 0.2) is 0 Å². The van der Waals surface area contributed by atoms with Crippen molar-refractivity contribution in [1.82, 2.24) is 19.9 Å². The van der Waals surface area contributed by atoms with Gasteiger partial charge in [-0.25, -0.2) is 4.98 Å². The molecule has 6 heteroatoms. The van der Waals surface area contributed by atoms with E-state index in [1.165, 1.54) is 12.6 Å². The lowest BCUT2D eigenvalue weighted by Crippen LogP contribution is -2.30. The number of nitrogens with one attached hydrogen (secondary N) is 1. The Balaban J connectivity index is 2.05. The lowest BCUT2D eigenvalue weighted by molar-refractivity contribution is 0.100. The fourth-order valence-electron chi connectivity index (χ4n) is 2.99. The number of rotatable bonds is 3. The quantitative estimate of drug-likeness (QED) is 0.889. The number of H-pyrrole nitrogens is 1. The van der Waals surface area contributed by atoms with Gasteiger partial charge in [0.1, 0.15) is 11.3 Å². The van der Waals surface area contributed by atoms with E-state index in [9.17, 15) is 4.79 Å². The standard InChI is InChI=1S/C14H19N5O/c1-8(2)19-5-3-4-11(19)14-17-10-7-16-6-9(13(15)20)12(10)18-14/h6-8,11H,3-5H2,1-2H3,(H2,15,20)(H,17,18). The fourth-order valence-corrected chi connectivity index (χ4v) is 2.99. The summed E-state index contributed by atoms with van der Waals surface area (Å²) in [4.78, 5) is 25.8. The predicted molar refractivity (Wildman–Crippen MR) is 76.2 cm³/mol. The number of hydrogen-bond donors (Lipinski definition) is 2. The number of pyridine rings is 1. The number of primary amides is 1. The van der Waals surface area contributed by atoms with Crippen LogP contribution < -0.4 is 5.73 Å². The van der Waals surface area contributed by atoms with Crippen LogP contribution in [-0.4, -0.2) is 38.3 Å². The molecule has 0 aliphatic carbocycles. The summed E-state index contributed by atoms with van der Waals surface area (Å²) in [5.74, 6) is 0.412. The zero-order valence-electron chi connectivity index (χ0n) is 11.8. The zero-order chi connectivity index (χ0) is 14.3. The van der Waals surface area contributed by atoms with Gasteiger partial charge in [0, 0.05) is 12.2 Å². The third kappa shape index (κ3) is 2.06. The van der Waals surface area contributed by atoms with E-state index >= 15 is 0 Å². The normalized spacial score (nSPS) is 20.1. The number of carbonyl (C=O) groups excluding carboxylic acids is 1. The highest BCUT2D eigenvalue weighted by molar-refractivity contribution is 6.03. The third-order valence-electron chi connectivity index (χ3n) is 3.95. The number of fused-ring (bicyclic) bond motifs is 1. The van der Waals surface area contributed by atoms with Crippen LogP contribution in [0.4, 0.5) is 0 Å². The summed E-state index contributed by atoms with van der Waals surface area (Å²) >= 11 is 0. The van der Waals surface area contributed by atoms with Crippen molar-refractivity contribution in [1.29, 1.82) is 0 Å². The van der Waals surface area contributed by atoms with Crippen LogP contribution in [0, 0.1) is 0 Å². The molecule has 1 atom stereocenters. The Morgan fingerprint density at radius 2 is 2.30 bits per heavy atom. The van der Waals surface area contributed by atoms with E-state index in [-0.39, 0.29) is 6.04 Å². The number of carbonyl (C=O) groups is 1. The predicted octanol–water partition coefficient (Wildman–Crippen LogP) is 1.60. The molecule has 2 aromatic rings. The number of hydrogen-bond acceptors (Lipinski definition) is 4. The molecule has 0 saturated carbocycles. The first kappa shape index (κ1) is 13.1. The Hall–Kier alpha value is -1.95. The van der Waals surface area contributed by atoms with Gasteiger partial charge in [-0.1, -0.05) is 0 Å². The first-order valence-corrected chi connectivity index (χ1v) is 6.97. The Bertz CT molecular complexity index is 648. The van der Waals surface area contributed by atoms with Crippen LogP contribution in [0.2, 0.25) is 0 Å². The molecular formula is C14H19N5O. The molecule has 2 aromatic heterocycles. The second-order valence-corrected chi connectivity index (χ2v) is 5.56. The minimum atomic E-state index is -0.492. The van der Waals surface area contributed by atoms with Gasteiger partial charge >= 0.3 is 0 Å². The van der Waals surface area contributed by atoms with Gasteiger partial charge in [0.25, 0.3) is 5.91 Å². The minimum Gasteiger partial charge on any atom is -0.365 e. The minimum absolute atomic E-state index is 0.281. The molecule has 1 unspecified atom stereocenters. The Kier molecular flexibility index (Phi) is 3.17. The van der Waals surface area contributed by atoms with Crippen molar-refractivity contribution < 1.29 is 4.79 Å². The van der Waals surface area contributed by atoms with Gasteiger partial charge in [-0.05, 0) is 33.2 Å². The van der Waals surface area contributed by atoms with E-state index in [1.54, 1.807) is 6.20 Å². The molecule has 6 nitrogen and oxygen atoms in total. The molecule has 0 aromatic carbocycles. The summed E-state index contributed by atoms with van der Waals surface area (Å²) in [6, 6.07) is 0.757. The monoisotopic (exact) mass is 273 g/mol. The molecule has 1 saturated heterocycles. The molecule has 0 bridgehead atoms. The average molecular weight is 273 g/mol. The van der Waals surface area contributed by atoms with Crippen molar-refractivity contribution in [3.8, 4) is 0 Å². The van der Waals surface area contributed by atoms with Gasteiger partial charge in [-0.3, -0.25) is 14.7 Å². The van der Waals surface area contributed by atoms with Crippen LogP contribution in [0.5, 0.6) is 0 Å². The lowest BCUT2D eigenvalue weighted by atomic mass is 10.2. The Morgan fingerprint density at radius 1 is 1.50 bits per heavy atom. The highest BCUT2D eigenvalue weighted by Gasteiger charge is 2.30. The SMILES string of the molecule is CC(C)N1CCCC1c1nc2c(C(N)=O)cncc2[nH]1. The third-order valence-corrected chi connectivity index (χ3v) is 3.95. The molecule has 20 heavy (non-hydrogen) atoms. The van der Waals surface area contributed by atoms with Crippen LogP contribution in [0.3, 0.4) is 0 Å². The molecule has 3 N–H and O–H groups in total. The summed E-state index contributed by atoms with van der Waals surface area (Å²) in [5.41, 5.74) is 7.14. The van der Waals surface area contributed by atoms with Gasteiger partial charge < -0.3 is 10.7 Å². The molecule has 0 spiro atoms. The van der Waals surface area contributed by atoms with Gasteiger partial charge in [-0.2, -0.15) is 0 Å². The summed E-state index contributed by atoms with van der Waals surface area (Å²) in [6.07, 6.45) is 5.41. The molecule has 3 rings (SSSR count). The average Bonchev–Trinajstić information content (AvgIpc) is 3.03. The van der Waals surface area contributed by atoms with E-state index in [0.717, 1.165) is 24.3 Å². The highest BCUT2D eigenvalue weighted by Crippen LogP contribution is 2.33. The van der Waals surface area contributed by atoms with Crippen LogP contribution in [0.15, 0.2) is 12.4 Å². The molecule has 1 fully saturated rings. The maximum atomic E-state index is 11.4. The Labute approximate surface area is 117 Å². The summed E-state index contributed by atoms with van der Waals surface area (Å²) in [7, 11) is 0. The maximum absolute atomic E-state index is 11.4. The van der Waals surface area contributed by atoms with E-state index in [2.05, 4.69) is 33.7 Å². The lowest BCUT2D eigenvalue weighted by Gasteiger charge is -2.26. The number of amides is 1. The van der Waals surface area contributed by atoms with Crippen LogP contribution >= 0.6 is 0 Å². The maximum Gasteiger partial charge on any atom is 0.252 e. The molecular weight excluding hydrogens is 254 g/mol. The topological polar surface area (TPSA) is 87.9 Å². The first-order valence-electron chi connectivity index (χ1n) is 6.97. The largest absolute Gasteiger partial charge is 0.365 e. The van der Waals surface area contributed by atoms with Crippen molar-refractivity contribution in [3.63, 3.8) is 0 Å². The molecule has 1 aliphatic heterocycles. The van der Waals surface area contributed by atoms with Gasteiger partial charge in [0.05, 0.1) is 23.3 Å². The molecule has 0 radical (unpaired) electrons. The number of nitrogens with zero attached hydrogens (tertiary/aromatic N) is 3. The van der Waals surface area contributed by atoms with E-state index in [1.807, 2.05) is 0 Å². The van der Waals surface area contributed by atoms with Crippen molar-refractivity contribution in [2.75, 3.05) is 6.54 Å². The van der Waals surface area contributed by atoms with Gasteiger partial charge in [0.2, 0.25) is 0 Å². The number of aromatic nitrogens is 3. The second kappa shape index (κ2) is 4.86. The first-order chi connectivity index (χ1) is 9.58. The van der Waals surface area contributed by atoms with Crippen molar-refractivity contribution >= 4 is 16.9 Å². The van der Waals surface area contributed by atoms with E-state index in [4.69, 9.17) is 5.73 Å². The molecule has 106 valence electrons. The number of nitrogens with two attached hydrogens (primary N) is 1. The van der Waals surface area contributed by atoms with E-state index < -0.39 is 5.91 Å². The summed E-state index contributed by atoms with van der Waals surface area (Å²) in [5, 5.41) is 0. The number of likely N-dealkylation sites (tertiary alicyclic amines) is 1. The van der Waals surface area contributed by atoms with Crippen molar-refractivity contribution in [2.24, 2.45) is 5.73 Å². The van der Waals surface area contributed by atoms with Crippen LogP contribution in [0.25, 0.3) is 11.0 Å².